The second-order valence-corrected chi connectivity index (χ2v) is 12.8. The van der Waals surface area contributed by atoms with Crippen molar-refractivity contribution in [2.45, 2.75) is 57.3 Å². The Morgan fingerprint density at radius 3 is 2.73 bits per heavy atom. The smallest absolute Gasteiger partial charge is 0.251 e. The van der Waals surface area contributed by atoms with Gasteiger partial charge < -0.3 is 25.0 Å². The van der Waals surface area contributed by atoms with Crippen LogP contribution in [-0.4, -0.2) is 74.7 Å². The third-order valence-corrected chi connectivity index (χ3v) is 9.72. The Labute approximate surface area is 234 Å². The average molecular weight is 573 g/mol. The molecule has 0 saturated carbocycles. The number of aliphatic hydroxyl groups excluding tert-OH is 1. The third kappa shape index (κ3) is 6.02. The number of carbonyl (C=O) groups is 1. The monoisotopic (exact) mass is 572 g/mol. The summed E-state index contributed by atoms with van der Waals surface area (Å²) in [6.45, 7) is 3.93. The highest BCUT2D eigenvalue weighted by Crippen LogP contribution is 2.35. The maximum absolute atomic E-state index is 14.0. The number of hydrogen-bond donors (Lipinski definition) is 3. The number of sulfonamides is 1. The molecular weight excluding hydrogens is 535 g/mol. The van der Waals surface area contributed by atoms with Crippen molar-refractivity contribution in [3.63, 3.8) is 0 Å². The number of anilines is 1. The quantitative estimate of drug-likeness (QED) is 0.364. The summed E-state index contributed by atoms with van der Waals surface area (Å²) in [7, 11) is -2.04. The topological polar surface area (TPSA) is 113 Å². The summed E-state index contributed by atoms with van der Waals surface area (Å²) in [6, 6.07) is 9.00. The highest BCUT2D eigenvalue weighted by atomic mass is 32.2. The average Bonchev–Trinajstić information content (AvgIpc) is 3.27. The lowest BCUT2D eigenvalue weighted by molar-refractivity contribution is 0.0657. The van der Waals surface area contributed by atoms with Gasteiger partial charge in [0.05, 0.1) is 29.1 Å². The maximum Gasteiger partial charge on any atom is 0.251 e. The molecule has 216 valence electrons. The second-order valence-electron chi connectivity index (χ2n) is 10.7. The zero-order valence-corrected chi connectivity index (χ0v) is 23.7. The Kier molecular flexibility index (Phi) is 8.46. The number of amides is 1. The Bertz CT molecular complexity index is 1490. The predicted octanol–water partition coefficient (Wildman–Crippen LogP) is 2.59. The number of hydrogen-bond acceptors (Lipinski definition) is 6. The van der Waals surface area contributed by atoms with Gasteiger partial charge in [0.25, 0.3) is 5.91 Å². The highest BCUT2D eigenvalue weighted by Gasteiger charge is 2.29. The van der Waals surface area contributed by atoms with Crippen LogP contribution < -0.4 is 14.9 Å². The third-order valence-electron chi connectivity index (χ3n) is 7.99. The first kappa shape index (κ1) is 28.5. The molecule has 0 aliphatic carbocycles. The fourth-order valence-corrected chi connectivity index (χ4v) is 6.74. The first-order valence-corrected chi connectivity index (χ1v) is 15.4. The van der Waals surface area contributed by atoms with Gasteiger partial charge in [-0.3, -0.25) is 9.10 Å². The molecule has 2 aliphatic heterocycles. The Morgan fingerprint density at radius 2 is 2.00 bits per heavy atom. The molecule has 5 rings (SSSR count). The van der Waals surface area contributed by atoms with Crippen molar-refractivity contribution in [2.75, 3.05) is 36.9 Å². The maximum atomic E-state index is 14.0. The molecule has 0 radical (unpaired) electrons. The van der Waals surface area contributed by atoms with Crippen LogP contribution in [0.4, 0.5) is 10.1 Å². The predicted molar refractivity (Wildman–Crippen MR) is 153 cm³/mol. The molecule has 1 amide bonds. The van der Waals surface area contributed by atoms with Gasteiger partial charge >= 0.3 is 0 Å². The van der Waals surface area contributed by atoms with E-state index in [9.17, 15) is 22.7 Å². The normalized spacial score (nSPS) is 18.9. The van der Waals surface area contributed by atoms with Gasteiger partial charge in [0, 0.05) is 56.5 Å². The molecule has 0 unspecified atom stereocenters. The molecule has 1 saturated heterocycles. The molecule has 0 spiro atoms. The van der Waals surface area contributed by atoms with Crippen molar-refractivity contribution in [2.24, 2.45) is 0 Å². The van der Waals surface area contributed by atoms with Crippen LogP contribution in [0.1, 0.15) is 41.3 Å². The number of aryl methyl sites for hydroxylation is 2. The van der Waals surface area contributed by atoms with Crippen LogP contribution in [0.25, 0.3) is 10.9 Å². The molecule has 3 aromatic rings. The molecule has 3 N–H and O–H groups in total. The lowest BCUT2D eigenvalue weighted by Gasteiger charge is -2.28. The molecule has 1 fully saturated rings. The van der Waals surface area contributed by atoms with E-state index in [1.165, 1.54) is 23.5 Å². The van der Waals surface area contributed by atoms with Gasteiger partial charge in [-0.2, -0.15) is 0 Å². The SMILES string of the molecule is CCc1cn2c3c(cc(C(=O)N[C@@H](Cc4cccc(F)c4)[C@H](O)CNC4CCOCC4)cc13)N(C)S(=O)(=O)CC2. The standard InChI is InChI=1S/C29H37FN4O5S/c1-3-20-18-34-9-12-40(37,38)33(2)26-16-21(15-24(20)28(26)34)29(36)32-25(14-19-5-4-6-22(30)13-19)27(35)17-31-23-7-10-39-11-8-23/h4-6,13,15-16,18,23,25,27,31,35H,3,7-12,14,17H2,1-2H3,(H,32,36)/t25-,27+/m0/s1. The second kappa shape index (κ2) is 11.9. The van der Waals surface area contributed by atoms with Gasteiger partial charge in [-0.15, -0.1) is 0 Å². The molecular formula is C29H37FN4O5S. The fourth-order valence-electron chi connectivity index (χ4n) is 5.60. The number of carbonyl (C=O) groups excluding carboxylic acids is 1. The minimum atomic E-state index is -3.56. The Balaban J connectivity index is 1.44. The lowest BCUT2D eigenvalue weighted by Crippen LogP contribution is -2.50. The van der Waals surface area contributed by atoms with Gasteiger partial charge in [-0.25, -0.2) is 12.8 Å². The number of nitrogens with one attached hydrogen (secondary N) is 2. The zero-order chi connectivity index (χ0) is 28.4. The van der Waals surface area contributed by atoms with Crippen molar-refractivity contribution in [3.05, 3.63) is 65.1 Å². The van der Waals surface area contributed by atoms with Gasteiger partial charge in [0.15, 0.2) is 0 Å². The van der Waals surface area contributed by atoms with Crippen LogP contribution in [0.15, 0.2) is 42.6 Å². The van der Waals surface area contributed by atoms with Gasteiger partial charge in [-0.1, -0.05) is 19.1 Å². The molecule has 3 heterocycles. The van der Waals surface area contributed by atoms with E-state index in [0.717, 1.165) is 35.7 Å². The van der Waals surface area contributed by atoms with E-state index in [2.05, 4.69) is 10.6 Å². The van der Waals surface area contributed by atoms with Crippen LogP contribution in [0, 0.1) is 5.82 Å². The van der Waals surface area contributed by atoms with Crippen LogP contribution in [0.5, 0.6) is 0 Å². The highest BCUT2D eigenvalue weighted by molar-refractivity contribution is 7.92. The number of rotatable bonds is 9. The van der Waals surface area contributed by atoms with E-state index in [0.29, 0.717) is 36.6 Å². The van der Waals surface area contributed by atoms with Crippen LogP contribution in [-0.2, 0) is 34.1 Å². The molecule has 40 heavy (non-hydrogen) atoms. The van der Waals surface area contributed by atoms with Crippen LogP contribution in [0.3, 0.4) is 0 Å². The molecule has 9 nitrogen and oxygen atoms in total. The van der Waals surface area contributed by atoms with Gasteiger partial charge in [0.1, 0.15) is 5.82 Å². The van der Waals surface area contributed by atoms with E-state index in [1.807, 2.05) is 17.7 Å². The van der Waals surface area contributed by atoms with E-state index in [1.54, 1.807) is 24.3 Å². The van der Waals surface area contributed by atoms with Crippen molar-refractivity contribution >= 4 is 32.5 Å². The van der Waals surface area contributed by atoms with Crippen molar-refractivity contribution < 1.29 is 27.4 Å². The van der Waals surface area contributed by atoms with E-state index < -0.39 is 28.1 Å². The number of ether oxygens (including phenoxy) is 1. The number of nitrogens with zero attached hydrogens (tertiary/aromatic N) is 2. The van der Waals surface area contributed by atoms with Gasteiger partial charge in [0.2, 0.25) is 10.0 Å². The summed E-state index contributed by atoms with van der Waals surface area (Å²) >= 11 is 0. The summed E-state index contributed by atoms with van der Waals surface area (Å²) in [5.74, 6) is -0.859. The summed E-state index contributed by atoms with van der Waals surface area (Å²) in [6.07, 6.45) is 3.64. The van der Waals surface area contributed by atoms with E-state index >= 15 is 0 Å². The lowest BCUT2D eigenvalue weighted by atomic mass is 9.99. The summed E-state index contributed by atoms with van der Waals surface area (Å²) in [5, 5.41) is 18.4. The molecule has 2 atom stereocenters. The minimum Gasteiger partial charge on any atom is -0.390 e. The summed E-state index contributed by atoms with van der Waals surface area (Å²) < 4.78 is 48.3. The molecule has 11 heteroatoms. The first-order valence-electron chi connectivity index (χ1n) is 13.8. The fraction of sp³-hybridized carbons (Fsp3) is 0.483. The zero-order valence-electron chi connectivity index (χ0n) is 22.9. The first-order chi connectivity index (χ1) is 19.2. The Morgan fingerprint density at radius 1 is 1.23 bits per heavy atom. The largest absolute Gasteiger partial charge is 0.390 e. The van der Waals surface area contributed by atoms with Crippen LogP contribution >= 0.6 is 0 Å². The molecule has 0 bridgehead atoms. The van der Waals surface area contributed by atoms with Gasteiger partial charge in [-0.05, 0) is 61.1 Å². The molecule has 1 aromatic heterocycles. The Hall–Kier alpha value is -2.99. The van der Waals surface area contributed by atoms with E-state index in [4.69, 9.17) is 4.74 Å². The van der Waals surface area contributed by atoms with Crippen molar-refractivity contribution in [1.29, 1.82) is 0 Å². The van der Waals surface area contributed by atoms with Crippen molar-refractivity contribution in [3.8, 4) is 0 Å². The number of aliphatic hydroxyl groups is 1. The van der Waals surface area contributed by atoms with E-state index in [-0.39, 0.29) is 30.6 Å². The molecule has 2 aliphatic rings. The minimum absolute atomic E-state index is 0.0331. The number of aromatic nitrogens is 1. The number of benzene rings is 2. The molecule has 2 aromatic carbocycles. The number of halogens is 1. The summed E-state index contributed by atoms with van der Waals surface area (Å²) in [4.78, 5) is 13.7. The van der Waals surface area contributed by atoms with Crippen molar-refractivity contribution in [1.82, 2.24) is 15.2 Å². The van der Waals surface area contributed by atoms with Crippen LogP contribution in [0.2, 0.25) is 0 Å². The summed E-state index contributed by atoms with van der Waals surface area (Å²) in [5.41, 5.74) is 3.20.